The van der Waals surface area contributed by atoms with Crippen molar-refractivity contribution >= 4 is 11.6 Å². The zero-order chi connectivity index (χ0) is 16.4. The summed E-state index contributed by atoms with van der Waals surface area (Å²) in [6, 6.07) is 4.38. The molecule has 0 spiro atoms. The molecule has 2 aromatic rings. The van der Waals surface area contributed by atoms with Gasteiger partial charge in [-0.3, -0.25) is 4.98 Å². The number of nitrogens with one attached hydrogen (secondary N) is 1. The Hall–Kier alpha value is -2.21. The van der Waals surface area contributed by atoms with Crippen LogP contribution in [-0.4, -0.2) is 46.8 Å². The molecule has 0 unspecified atom stereocenters. The van der Waals surface area contributed by atoms with Crippen LogP contribution in [0.25, 0.3) is 0 Å². The molecule has 1 aliphatic heterocycles. The summed E-state index contributed by atoms with van der Waals surface area (Å²) >= 11 is 0. The van der Waals surface area contributed by atoms with Gasteiger partial charge in [-0.1, -0.05) is 0 Å². The summed E-state index contributed by atoms with van der Waals surface area (Å²) in [6.45, 7) is 4.53. The molecule has 24 heavy (non-hydrogen) atoms. The molecular weight excluding hydrogens is 302 g/mol. The van der Waals surface area contributed by atoms with Gasteiger partial charge in [-0.25, -0.2) is 9.97 Å². The second-order valence-corrected chi connectivity index (χ2v) is 6.62. The molecule has 2 fully saturated rings. The second-order valence-electron chi connectivity index (χ2n) is 6.62. The molecule has 1 N–H and O–H groups in total. The third-order valence-corrected chi connectivity index (χ3v) is 4.97. The highest BCUT2D eigenvalue weighted by Crippen LogP contribution is 2.36. The molecule has 0 amide bonds. The molecule has 1 saturated carbocycles. The molecule has 0 aromatic carbocycles. The van der Waals surface area contributed by atoms with E-state index < -0.39 is 0 Å². The Morgan fingerprint density at radius 2 is 2.12 bits per heavy atom. The van der Waals surface area contributed by atoms with Crippen LogP contribution in [0.15, 0.2) is 36.9 Å². The van der Waals surface area contributed by atoms with Crippen molar-refractivity contribution < 1.29 is 4.74 Å². The van der Waals surface area contributed by atoms with E-state index in [1.165, 1.54) is 0 Å². The van der Waals surface area contributed by atoms with E-state index in [4.69, 9.17) is 4.74 Å². The van der Waals surface area contributed by atoms with E-state index in [-0.39, 0.29) is 6.10 Å². The number of hydrogen-bond acceptors (Lipinski definition) is 6. The summed E-state index contributed by atoms with van der Waals surface area (Å²) in [5.74, 6) is 1.34. The maximum atomic E-state index is 6.13. The van der Waals surface area contributed by atoms with Crippen LogP contribution in [0.1, 0.15) is 18.4 Å². The molecule has 0 radical (unpaired) electrons. The van der Waals surface area contributed by atoms with E-state index in [2.05, 4.69) is 25.2 Å². The minimum Gasteiger partial charge on any atom is -0.383 e. The lowest BCUT2D eigenvalue weighted by molar-refractivity contribution is 0.000807. The van der Waals surface area contributed by atoms with Gasteiger partial charge in [0.25, 0.3) is 0 Å². The molecule has 6 heteroatoms. The lowest BCUT2D eigenvalue weighted by atomic mass is 10.0. The van der Waals surface area contributed by atoms with E-state index in [0.29, 0.717) is 12.0 Å². The van der Waals surface area contributed by atoms with Gasteiger partial charge in [-0.15, -0.1) is 0 Å². The van der Waals surface area contributed by atoms with Gasteiger partial charge >= 0.3 is 0 Å². The quantitative estimate of drug-likeness (QED) is 0.930. The Morgan fingerprint density at radius 3 is 2.92 bits per heavy atom. The Bertz CT molecular complexity index is 663. The molecule has 1 aliphatic carbocycles. The average Bonchev–Trinajstić information content (AvgIpc) is 3.05. The maximum Gasteiger partial charge on any atom is 0.225 e. The molecule has 126 valence electrons. The number of anilines is 2. The fraction of sp³-hybridized carbons (Fsp3) is 0.500. The third-order valence-electron chi connectivity index (χ3n) is 4.97. The van der Waals surface area contributed by atoms with Crippen molar-refractivity contribution in [1.29, 1.82) is 0 Å². The summed E-state index contributed by atoms with van der Waals surface area (Å²) in [4.78, 5) is 15.5. The van der Waals surface area contributed by atoms with Crippen molar-refractivity contribution in [2.75, 3.05) is 29.9 Å². The molecule has 3 atom stereocenters. The zero-order valence-corrected chi connectivity index (χ0v) is 13.9. The van der Waals surface area contributed by atoms with Gasteiger partial charge in [0.1, 0.15) is 0 Å². The van der Waals surface area contributed by atoms with Gasteiger partial charge in [0.15, 0.2) is 0 Å². The molecule has 6 nitrogen and oxygen atoms in total. The lowest BCUT2D eigenvalue weighted by Gasteiger charge is -2.39. The first-order chi connectivity index (χ1) is 11.8. The monoisotopic (exact) mass is 325 g/mol. The second kappa shape index (κ2) is 6.73. The minimum atomic E-state index is 0.243. The Labute approximate surface area is 142 Å². The first-order valence-corrected chi connectivity index (χ1v) is 8.62. The third kappa shape index (κ3) is 3.06. The highest BCUT2D eigenvalue weighted by Gasteiger charge is 2.43. The number of morpholine rings is 1. The number of pyridine rings is 1. The number of hydrogen-bond donors (Lipinski definition) is 1. The van der Waals surface area contributed by atoms with E-state index >= 15 is 0 Å². The minimum absolute atomic E-state index is 0.243. The van der Waals surface area contributed by atoms with Crippen LogP contribution in [0.4, 0.5) is 11.6 Å². The standard InChI is InChI=1S/C18H23N5O/c1-13-9-21-18(22-10-13)23-7-8-24-17-14(4-5-16(17)23)11-20-15-3-2-6-19-12-15/h2-3,6,9-10,12,14,16-17,20H,4-5,7-8,11H2,1H3/t14-,16+,17+/m0/s1. The average molecular weight is 325 g/mol. The zero-order valence-electron chi connectivity index (χ0n) is 13.9. The van der Waals surface area contributed by atoms with Gasteiger partial charge in [0.2, 0.25) is 5.95 Å². The summed E-state index contributed by atoms with van der Waals surface area (Å²) < 4.78 is 6.13. The highest BCUT2D eigenvalue weighted by atomic mass is 16.5. The predicted molar refractivity (Wildman–Crippen MR) is 93.1 cm³/mol. The van der Waals surface area contributed by atoms with Crippen LogP contribution in [-0.2, 0) is 4.74 Å². The molecule has 3 heterocycles. The Balaban J connectivity index is 1.43. The van der Waals surface area contributed by atoms with E-state index in [0.717, 1.165) is 49.7 Å². The molecule has 4 rings (SSSR count). The molecule has 2 aliphatic rings. The van der Waals surface area contributed by atoms with Crippen molar-refractivity contribution in [2.24, 2.45) is 5.92 Å². The van der Waals surface area contributed by atoms with E-state index in [1.54, 1.807) is 6.20 Å². The van der Waals surface area contributed by atoms with Crippen molar-refractivity contribution in [3.63, 3.8) is 0 Å². The number of nitrogens with zero attached hydrogens (tertiary/aromatic N) is 4. The number of fused-ring (bicyclic) bond motifs is 1. The highest BCUT2D eigenvalue weighted by molar-refractivity contribution is 5.40. The summed E-state index contributed by atoms with van der Waals surface area (Å²) in [5.41, 5.74) is 2.16. The van der Waals surface area contributed by atoms with Crippen LogP contribution in [0.5, 0.6) is 0 Å². The molecule has 2 aromatic heterocycles. The van der Waals surface area contributed by atoms with Crippen molar-refractivity contribution in [2.45, 2.75) is 31.9 Å². The summed E-state index contributed by atoms with van der Waals surface area (Å²) in [6.07, 6.45) is 9.97. The largest absolute Gasteiger partial charge is 0.383 e. The van der Waals surface area contributed by atoms with E-state index in [9.17, 15) is 0 Å². The van der Waals surface area contributed by atoms with Crippen LogP contribution in [0.2, 0.25) is 0 Å². The smallest absolute Gasteiger partial charge is 0.225 e. The van der Waals surface area contributed by atoms with Crippen LogP contribution < -0.4 is 10.2 Å². The van der Waals surface area contributed by atoms with E-state index in [1.807, 2.05) is 37.6 Å². The van der Waals surface area contributed by atoms with Crippen molar-refractivity contribution in [3.8, 4) is 0 Å². The molecular formula is C18H23N5O. The van der Waals surface area contributed by atoms with Crippen LogP contribution in [0.3, 0.4) is 0 Å². The first-order valence-electron chi connectivity index (χ1n) is 8.62. The normalized spacial score (nSPS) is 26.2. The summed E-state index contributed by atoms with van der Waals surface area (Å²) in [7, 11) is 0. The summed E-state index contributed by atoms with van der Waals surface area (Å²) in [5, 5.41) is 3.49. The predicted octanol–water partition coefficient (Wildman–Crippen LogP) is 2.28. The number of aryl methyl sites for hydroxylation is 1. The Morgan fingerprint density at radius 1 is 1.25 bits per heavy atom. The van der Waals surface area contributed by atoms with Crippen molar-refractivity contribution in [3.05, 3.63) is 42.5 Å². The van der Waals surface area contributed by atoms with Gasteiger partial charge in [0.05, 0.1) is 24.4 Å². The van der Waals surface area contributed by atoms with Gasteiger partial charge < -0.3 is 15.0 Å². The fourth-order valence-corrected chi connectivity index (χ4v) is 3.78. The molecule has 1 saturated heterocycles. The van der Waals surface area contributed by atoms with Crippen molar-refractivity contribution in [1.82, 2.24) is 15.0 Å². The maximum absolute atomic E-state index is 6.13. The van der Waals surface area contributed by atoms with Gasteiger partial charge in [0, 0.05) is 43.8 Å². The van der Waals surface area contributed by atoms with Gasteiger partial charge in [-0.2, -0.15) is 0 Å². The number of ether oxygens (including phenoxy) is 1. The fourth-order valence-electron chi connectivity index (χ4n) is 3.78. The van der Waals surface area contributed by atoms with Gasteiger partial charge in [-0.05, 0) is 37.5 Å². The molecule has 0 bridgehead atoms. The Kier molecular flexibility index (Phi) is 4.30. The number of aromatic nitrogens is 3. The topological polar surface area (TPSA) is 63.2 Å². The van der Waals surface area contributed by atoms with Crippen LogP contribution in [0, 0.1) is 12.8 Å². The first kappa shape index (κ1) is 15.3. The number of rotatable bonds is 4. The van der Waals surface area contributed by atoms with Crippen LogP contribution >= 0.6 is 0 Å². The SMILES string of the molecule is Cc1cnc(N2CCO[C@@H]3[C@H](CNc4cccnc4)CC[C@H]32)nc1. The lowest BCUT2D eigenvalue weighted by Crippen LogP contribution is -2.51.